The molecule has 0 saturated heterocycles. The fraction of sp³-hybridized carbons (Fsp3) is 0.600. The molecule has 0 spiro atoms. The molecule has 0 aromatic heterocycles. The minimum atomic E-state index is -3.33. The Bertz CT molecular complexity index is 486. The molecular formula is C15H26N2O2S. The highest BCUT2D eigenvalue weighted by Crippen LogP contribution is 2.18. The Labute approximate surface area is 123 Å². The fourth-order valence-corrected chi connectivity index (χ4v) is 3.15. The van der Waals surface area contributed by atoms with E-state index in [1.165, 1.54) is 0 Å². The molecule has 0 aliphatic carbocycles. The zero-order valence-electron chi connectivity index (χ0n) is 12.8. The highest BCUT2D eigenvalue weighted by atomic mass is 32.2. The summed E-state index contributed by atoms with van der Waals surface area (Å²) in [7, 11) is -3.33. The predicted molar refractivity (Wildman–Crippen MR) is 84.1 cm³/mol. The van der Waals surface area contributed by atoms with Gasteiger partial charge >= 0.3 is 0 Å². The summed E-state index contributed by atoms with van der Waals surface area (Å²) in [6.07, 6.45) is 0.730. The maximum atomic E-state index is 12.3. The van der Waals surface area contributed by atoms with Crippen LogP contribution in [0.2, 0.25) is 0 Å². The third kappa shape index (κ3) is 5.23. The first-order chi connectivity index (χ1) is 9.36. The van der Waals surface area contributed by atoms with Gasteiger partial charge in [0.15, 0.2) is 0 Å². The molecule has 1 aromatic carbocycles. The van der Waals surface area contributed by atoms with Crippen LogP contribution in [-0.4, -0.2) is 26.3 Å². The molecule has 1 rings (SSSR count). The molecule has 0 amide bonds. The minimum Gasteiger partial charge on any atom is -0.313 e. The maximum Gasteiger partial charge on any atom is 0.216 e. The molecule has 114 valence electrons. The average molecular weight is 298 g/mol. The van der Waals surface area contributed by atoms with E-state index in [9.17, 15) is 8.42 Å². The van der Waals surface area contributed by atoms with E-state index in [4.69, 9.17) is 0 Å². The molecule has 0 heterocycles. The summed E-state index contributed by atoms with van der Waals surface area (Å²) >= 11 is 0. The predicted octanol–water partition coefficient (Wildman–Crippen LogP) is 2.44. The number of hydrogen-bond acceptors (Lipinski definition) is 3. The van der Waals surface area contributed by atoms with Crippen LogP contribution in [0.3, 0.4) is 0 Å². The summed E-state index contributed by atoms with van der Waals surface area (Å²) in [6, 6.07) is 9.80. The van der Waals surface area contributed by atoms with Gasteiger partial charge in [-0.1, -0.05) is 51.1 Å². The zero-order valence-corrected chi connectivity index (χ0v) is 13.6. The molecule has 1 aromatic rings. The van der Waals surface area contributed by atoms with Crippen LogP contribution >= 0.6 is 0 Å². The van der Waals surface area contributed by atoms with Crippen LogP contribution in [0, 0.1) is 0 Å². The van der Waals surface area contributed by atoms with Crippen LogP contribution in [0.4, 0.5) is 0 Å². The van der Waals surface area contributed by atoms with Crippen LogP contribution in [0.15, 0.2) is 30.3 Å². The second kappa shape index (κ2) is 7.76. The van der Waals surface area contributed by atoms with Crippen molar-refractivity contribution < 1.29 is 8.42 Å². The Balaban J connectivity index is 2.73. The maximum absolute atomic E-state index is 12.3. The van der Waals surface area contributed by atoms with Crippen LogP contribution in [-0.2, 0) is 10.0 Å². The molecule has 2 unspecified atom stereocenters. The van der Waals surface area contributed by atoms with E-state index in [0.717, 1.165) is 12.0 Å². The van der Waals surface area contributed by atoms with Gasteiger partial charge in [-0.2, -0.15) is 0 Å². The summed E-state index contributed by atoms with van der Waals surface area (Å²) in [4.78, 5) is 0. The standard InChI is InChI=1S/C15H26N2O2S/c1-5-15(14-9-7-6-8-10-14)17-20(18,19)13(4)11-16-12(2)3/h6-10,12-13,15-17H,5,11H2,1-4H3. The lowest BCUT2D eigenvalue weighted by molar-refractivity contribution is 0.521. The summed E-state index contributed by atoms with van der Waals surface area (Å²) in [6.45, 7) is 8.18. The van der Waals surface area contributed by atoms with Crippen molar-refractivity contribution in [2.45, 2.75) is 51.4 Å². The van der Waals surface area contributed by atoms with Crippen LogP contribution in [0.25, 0.3) is 0 Å². The molecule has 0 saturated carbocycles. The molecular weight excluding hydrogens is 272 g/mol. The van der Waals surface area contributed by atoms with E-state index in [1.807, 2.05) is 51.1 Å². The normalized spacial score (nSPS) is 15.2. The first kappa shape index (κ1) is 17.1. The van der Waals surface area contributed by atoms with Gasteiger partial charge in [0.1, 0.15) is 0 Å². The third-order valence-corrected chi connectivity index (χ3v) is 5.10. The third-order valence-electron chi connectivity index (χ3n) is 3.26. The number of rotatable bonds is 8. The van der Waals surface area contributed by atoms with Crippen LogP contribution < -0.4 is 10.0 Å². The summed E-state index contributed by atoms with van der Waals surface area (Å²) in [5, 5.41) is 2.71. The van der Waals surface area contributed by atoms with Crippen LogP contribution in [0.5, 0.6) is 0 Å². The Morgan fingerprint density at radius 3 is 2.20 bits per heavy atom. The Hall–Kier alpha value is -0.910. The lowest BCUT2D eigenvalue weighted by Crippen LogP contribution is -2.42. The molecule has 0 aliphatic rings. The molecule has 20 heavy (non-hydrogen) atoms. The van der Waals surface area contributed by atoms with Gasteiger partial charge in [-0.25, -0.2) is 13.1 Å². The first-order valence-electron chi connectivity index (χ1n) is 7.16. The van der Waals surface area contributed by atoms with E-state index < -0.39 is 15.3 Å². The van der Waals surface area contributed by atoms with Gasteiger partial charge in [-0.15, -0.1) is 0 Å². The topological polar surface area (TPSA) is 58.2 Å². The Morgan fingerprint density at radius 2 is 1.70 bits per heavy atom. The van der Waals surface area contributed by atoms with Crippen molar-refractivity contribution in [1.82, 2.24) is 10.0 Å². The van der Waals surface area contributed by atoms with Crippen molar-refractivity contribution in [2.75, 3.05) is 6.54 Å². The van der Waals surface area contributed by atoms with Crippen molar-refractivity contribution in [3.05, 3.63) is 35.9 Å². The lowest BCUT2D eigenvalue weighted by atomic mass is 10.1. The SMILES string of the molecule is CCC(NS(=O)(=O)C(C)CNC(C)C)c1ccccc1. The molecule has 0 radical (unpaired) electrons. The molecule has 2 atom stereocenters. The fourth-order valence-electron chi connectivity index (χ4n) is 1.90. The molecule has 5 heteroatoms. The summed E-state index contributed by atoms with van der Waals surface area (Å²) in [5.41, 5.74) is 1.00. The largest absolute Gasteiger partial charge is 0.313 e. The second-order valence-corrected chi connectivity index (χ2v) is 7.54. The van der Waals surface area contributed by atoms with Crippen LogP contribution in [0.1, 0.15) is 45.7 Å². The minimum absolute atomic E-state index is 0.164. The van der Waals surface area contributed by atoms with Gasteiger partial charge < -0.3 is 5.32 Å². The van der Waals surface area contributed by atoms with Crippen molar-refractivity contribution in [3.63, 3.8) is 0 Å². The highest BCUT2D eigenvalue weighted by molar-refractivity contribution is 7.90. The van der Waals surface area contributed by atoms with Crippen molar-refractivity contribution in [1.29, 1.82) is 0 Å². The molecule has 2 N–H and O–H groups in total. The second-order valence-electron chi connectivity index (χ2n) is 5.41. The average Bonchev–Trinajstić information content (AvgIpc) is 2.43. The molecule has 0 fully saturated rings. The van der Waals surface area contributed by atoms with Gasteiger partial charge in [0.2, 0.25) is 10.0 Å². The van der Waals surface area contributed by atoms with E-state index in [1.54, 1.807) is 6.92 Å². The summed E-state index contributed by atoms with van der Waals surface area (Å²) in [5.74, 6) is 0. The Kier molecular flexibility index (Phi) is 6.65. The monoisotopic (exact) mass is 298 g/mol. The number of hydrogen-bond donors (Lipinski definition) is 2. The smallest absolute Gasteiger partial charge is 0.216 e. The Morgan fingerprint density at radius 1 is 1.10 bits per heavy atom. The van der Waals surface area contributed by atoms with Gasteiger partial charge in [0, 0.05) is 18.6 Å². The van der Waals surface area contributed by atoms with Gasteiger partial charge in [-0.05, 0) is 18.9 Å². The van der Waals surface area contributed by atoms with E-state index >= 15 is 0 Å². The number of nitrogens with one attached hydrogen (secondary N) is 2. The molecule has 4 nitrogen and oxygen atoms in total. The van der Waals surface area contributed by atoms with Gasteiger partial charge in [-0.3, -0.25) is 0 Å². The number of sulfonamides is 1. The molecule has 0 aliphatic heterocycles. The highest BCUT2D eigenvalue weighted by Gasteiger charge is 2.24. The van der Waals surface area contributed by atoms with E-state index in [-0.39, 0.29) is 12.1 Å². The van der Waals surface area contributed by atoms with Gasteiger partial charge in [0.05, 0.1) is 5.25 Å². The molecule has 0 bridgehead atoms. The van der Waals surface area contributed by atoms with Crippen molar-refractivity contribution >= 4 is 10.0 Å². The van der Waals surface area contributed by atoms with E-state index in [2.05, 4.69) is 10.0 Å². The summed E-state index contributed by atoms with van der Waals surface area (Å²) < 4.78 is 27.5. The van der Waals surface area contributed by atoms with Crippen molar-refractivity contribution in [3.8, 4) is 0 Å². The van der Waals surface area contributed by atoms with E-state index in [0.29, 0.717) is 6.54 Å². The first-order valence-corrected chi connectivity index (χ1v) is 8.71. The van der Waals surface area contributed by atoms with Crippen molar-refractivity contribution in [2.24, 2.45) is 0 Å². The number of benzene rings is 1. The van der Waals surface area contributed by atoms with Gasteiger partial charge in [0.25, 0.3) is 0 Å². The quantitative estimate of drug-likeness (QED) is 0.775. The zero-order chi connectivity index (χ0) is 15.2. The lowest BCUT2D eigenvalue weighted by Gasteiger charge is -2.21.